The molecule has 0 atom stereocenters. The normalized spacial score (nSPS) is 9.56. The van der Waals surface area contributed by atoms with Crippen LogP contribution in [0.1, 0.15) is 16.1 Å². The van der Waals surface area contributed by atoms with E-state index in [4.69, 9.17) is 5.26 Å². The number of nitriles is 1. The number of anilines is 1. The number of carbonyl (C=O) groups excluding carboxylic acids is 1. The van der Waals surface area contributed by atoms with E-state index >= 15 is 0 Å². The van der Waals surface area contributed by atoms with Crippen molar-refractivity contribution < 1.29 is 4.79 Å². The lowest BCUT2D eigenvalue weighted by molar-refractivity contribution is 0.0993. The maximum atomic E-state index is 12.2. The Morgan fingerprint density at radius 3 is 2.67 bits per heavy atom. The average molecular weight is 237 g/mol. The highest BCUT2D eigenvalue weighted by molar-refractivity contribution is 6.05. The number of nitrogens with zero attached hydrogens (tertiary/aromatic N) is 3. The van der Waals surface area contributed by atoms with Crippen molar-refractivity contribution in [2.75, 3.05) is 11.9 Å². The summed E-state index contributed by atoms with van der Waals surface area (Å²) in [5.41, 5.74) is 1.49. The van der Waals surface area contributed by atoms with Crippen LogP contribution >= 0.6 is 0 Å². The Bertz CT molecular complexity index is 602. The first-order valence-corrected chi connectivity index (χ1v) is 5.41. The molecular formula is C14H11N3O. The Morgan fingerprint density at radius 1 is 1.28 bits per heavy atom. The monoisotopic (exact) mass is 237 g/mol. The van der Waals surface area contributed by atoms with Crippen LogP contribution in [-0.4, -0.2) is 17.9 Å². The van der Waals surface area contributed by atoms with E-state index in [2.05, 4.69) is 4.98 Å². The summed E-state index contributed by atoms with van der Waals surface area (Å²) in [5, 5.41) is 8.76. The van der Waals surface area contributed by atoms with Crippen molar-refractivity contribution in [2.45, 2.75) is 0 Å². The summed E-state index contributed by atoms with van der Waals surface area (Å²) in [6, 6.07) is 14.3. The molecule has 0 spiro atoms. The highest BCUT2D eigenvalue weighted by Gasteiger charge is 2.13. The zero-order chi connectivity index (χ0) is 13.0. The zero-order valence-corrected chi connectivity index (χ0v) is 9.87. The summed E-state index contributed by atoms with van der Waals surface area (Å²) in [7, 11) is 1.70. The van der Waals surface area contributed by atoms with E-state index in [0.717, 1.165) is 5.69 Å². The summed E-state index contributed by atoms with van der Waals surface area (Å²) >= 11 is 0. The molecule has 0 bridgehead atoms. The second-order valence-corrected chi connectivity index (χ2v) is 3.74. The molecule has 0 saturated carbocycles. The first-order chi connectivity index (χ1) is 8.72. The van der Waals surface area contributed by atoms with Crippen LogP contribution < -0.4 is 4.90 Å². The maximum absolute atomic E-state index is 12.2. The molecule has 0 aliphatic heterocycles. The van der Waals surface area contributed by atoms with E-state index in [0.29, 0.717) is 5.56 Å². The lowest BCUT2D eigenvalue weighted by atomic mass is 10.2. The van der Waals surface area contributed by atoms with Gasteiger partial charge >= 0.3 is 0 Å². The molecule has 1 heterocycles. The van der Waals surface area contributed by atoms with Gasteiger partial charge in [0.2, 0.25) is 0 Å². The van der Waals surface area contributed by atoms with Gasteiger partial charge in [0.1, 0.15) is 11.8 Å². The molecule has 4 nitrogen and oxygen atoms in total. The maximum Gasteiger partial charge on any atom is 0.258 e. The van der Waals surface area contributed by atoms with Crippen LogP contribution in [-0.2, 0) is 0 Å². The van der Waals surface area contributed by atoms with Gasteiger partial charge < -0.3 is 4.90 Å². The number of rotatable bonds is 2. The Kier molecular flexibility index (Phi) is 3.35. The first kappa shape index (κ1) is 11.8. The summed E-state index contributed by atoms with van der Waals surface area (Å²) in [6.45, 7) is 0. The van der Waals surface area contributed by atoms with E-state index < -0.39 is 0 Å². The van der Waals surface area contributed by atoms with E-state index in [1.807, 2.05) is 36.4 Å². The van der Waals surface area contributed by atoms with Crippen molar-refractivity contribution in [3.8, 4) is 6.07 Å². The van der Waals surface area contributed by atoms with Crippen molar-refractivity contribution in [1.82, 2.24) is 4.98 Å². The van der Waals surface area contributed by atoms with E-state index in [9.17, 15) is 4.79 Å². The van der Waals surface area contributed by atoms with Crippen LogP contribution in [0, 0.1) is 11.3 Å². The summed E-state index contributed by atoms with van der Waals surface area (Å²) in [4.78, 5) is 17.6. The first-order valence-electron chi connectivity index (χ1n) is 5.41. The molecule has 0 unspecified atom stereocenters. The third-order valence-electron chi connectivity index (χ3n) is 2.57. The summed E-state index contributed by atoms with van der Waals surface area (Å²) in [5.74, 6) is -0.167. The molecule has 4 heteroatoms. The third-order valence-corrected chi connectivity index (χ3v) is 2.57. The lowest BCUT2D eigenvalue weighted by Crippen LogP contribution is -2.26. The summed E-state index contributed by atoms with van der Waals surface area (Å²) in [6.07, 6.45) is 1.46. The van der Waals surface area contributed by atoms with Gasteiger partial charge in [0.05, 0.1) is 0 Å². The molecule has 2 rings (SSSR count). The van der Waals surface area contributed by atoms with Crippen LogP contribution in [0.3, 0.4) is 0 Å². The molecule has 0 fully saturated rings. The SMILES string of the molecule is CN(C(=O)c1ccnc(C#N)c1)c1ccccc1. The van der Waals surface area contributed by atoms with E-state index in [-0.39, 0.29) is 11.6 Å². The van der Waals surface area contributed by atoms with Gasteiger partial charge in [-0.1, -0.05) is 18.2 Å². The molecule has 0 radical (unpaired) electrons. The number of amides is 1. The lowest BCUT2D eigenvalue weighted by Gasteiger charge is -2.17. The molecule has 0 N–H and O–H groups in total. The molecule has 1 aromatic carbocycles. The minimum Gasteiger partial charge on any atom is -0.311 e. The van der Waals surface area contributed by atoms with Gasteiger partial charge in [0.25, 0.3) is 5.91 Å². The Hall–Kier alpha value is -2.67. The topological polar surface area (TPSA) is 57.0 Å². The van der Waals surface area contributed by atoms with Crippen LogP contribution in [0.25, 0.3) is 0 Å². The minimum atomic E-state index is -0.167. The molecule has 1 aromatic heterocycles. The Labute approximate surface area is 105 Å². The minimum absolute atomic E-state index is 0.167. The highest BCUT2D eigenvalue weighted by atomic mass is 16.2. The van der Waals surface area contributed by atoms with Gasteiger partial charge in [0, 0.05) is 24.5 Å². The van der Waals surface area contributed by atoms with Gasteiger partial charge in [-0.3, -0.25) is 4.79 Å². The van der Waals surface area contributed by atoms with Crippen molar-refractivity contribution >= 4 is 11.6 Å². The molecule has 18 heavy (non-hydrogen) atoms. The van der Waals surface area contributed by atoms with E-state index in [1.165, 1.54) is 17.2 Å². The van der Waals surface area contributed by atoms with Crippen LogP contribution in [0.4, 0.5) is 5.69 Å². The van der Waals surface area contributed by atoms with Crippen molar-refractivity contribution in [2.24, 2.45) is 0 Å². The fourth-order valence-corrected chi connectivity index (χ4v) is 1.59. The van der Waals surface area contributed by atoms with Crippen molar-refractivity contribution in [1.29, 1.82) is 5.26 Å². The van der Waals surface area contributed by atoms with E-state index in [1.54, 1.807) is 13.1 Å². The van der Waals surface area contributed by atoms with Crippen LogP contribution in [0.15, 0.2) is 48.7 Å². The van der Waals surface area contributed by atoms with Crippen molar-refractivity contribution in [3.05, 3.63) is 59.9 Å². The van der Waals surface area contributed by atoms with Gasteiger partial charge in [-0.05, 0) is 24.3 Å². The molecule has 1 amide bonds. The quantitative estimate of drug-likeness (QED) is 0.804. The standard InChI is InChI=1S/C14H11N3O/c1-17(13-5-3-2-4-6-13)14(18)11-7-8-16-12(9-11)10-15/h2-9H,1H3. The predicted octanol–water partition coefficient (Wildman–Crippen LogP) is 2.23. The molecule has 0 aliphatic rings. The van der Waals surface area contributed by atoms with Crippen LogP contribution in [0.2, 0.25) is 0 Å². The van der Waals surface area contributed by atoms with Gasteiger partial charge in [-0.15, -0.1) is 0 Å². The second kappa shape index (κ2) is 5.11. The third kappa shape index (κ3) is 2.36. The fourth-order valence-electron chi connectivity index (χ4n) is 1.59. The molecule has 2 aromatic rings. The van der Waals surface area contributed by atoms with Crippen molar-refractivity contribution in [3.63, 3.8) is 0 Å². The van der Waals surface area contributed by atoms with Gasteiger partial charge in [-0.25, -0.2) is 4.98 Å². The average Bonchev–Trinajstić information content (AvgIpc) is 2.46. The fraction of sp³-hybridized carbons (Fsp3) is 0.0714. The number of pyridine rings is 1. The molecule has 0 aliphatic carbocycles. The summed E-state index contributed by atoms with van der Waals surface area (Å²) < 4.78 is 0. The Morgan fingerprint density at radius 2 is 2.00 bits per heavy atom. The second-order valence-electron chi connectivity index (χ2n) is 3.74. The largest absolute Gasteiger partial charge is 0.311 e. The molecule has 0 saturated heterocycles. The van der Waals surface area contributed by atoms with Gasteiger partial charge in [-0.2, -0.15) is 5.26 Å². The van der Waals surface area contributed by atoms with Crippen LogP contribution in [0.5, 0.6) is 0 Å². The Balaban J connectivity index is 2.29. The zero-order valence-electron chi connectivity index (χ0n) is 9.87. The number of benzene rings is 1. The molecule has 88 valence electrons. The number of hydrogen-bond acceptors (Lipinski definition) is 3. The predicted molar refractivity (Wildman–Crippen MR) is 68.1 cm³/mol. The number of carbonyl (C=O) groups is 1. The highest BCUT2D eigenvalue weighted by Crippen LogP contribution is 2.14. The smallest absolute Gasteiger partial charge is 0.258 e. The van der Waals surface area contributed by atoms with Gasteiger partial charge in [0.15, 0.2) is 0 Å². The number of para-hydroxylation sites is 1. The molecular weight excluding hydrogens is 226 g/mol. The number of aromatic nitrogens is 1. The number of hydrogen-bond donors (Lipinski definition) is 0.